The summed E-state index contributed by atoms with van der Waals surface area (Å²) >= 11 is 0. The maximum atomic E-state index is 12.1. The van der Waals surface area contributed by atoms with Crippen LogP contribution in [0.3, 0.4) is 0 Å². The zero-order valence-electron chi connectivity index (χ0n) is 19.8. The van der Waals surface area contributed by atoms with Gasteiger partial charge in [0.1, 0.15) is 24.6 Å². The summed E-state index contributed by atoms with van der Waals surface area (Å²) in [6.45, 7) is 4.82. The van der Waals surface area contributed by atoms with Gasteiger partial charge in [0.2, 0.25) is 0 Å². The minimum atomic E-state index is -1.09. The molecule has 2 N–H and O–H groups in total. The average Bonchev–Trinajstić information content (AvgIpc) is 2.80. The number of aliphatic hydroxyl groups excluding tert-OH is 2. The summed E-state index contributed by atoms with van der Waals surface area (Å²) in [5, 5.41) is 23.1. The summed E-state index contributed by atoms with van der Waals surface area (Å²) in [7, 11) is 0. The fourth-order valence-corrected chi connectivity index (χ4v) is 3.24. The first kappa shape index (κ1) is 27.1. The first-order chi connectivity index (χ1) is 16.2. The molecule has 34 heavy (non-hydrogen) atoms. The molecule has 0 spiro atoms. The quantitative estimate of drug-likeness (QED) is 0.197. The van der Waals surface area contributed by atoms with Crippen molar-refractivity contribution in [2.45, 2.75) is 64.1 Å². The third-order valence-electron chi connectivity index (χ3n) is 4.80. The van der Waals surface area contributed by atoms with Crippen molar-refractivity contribution in [3.63, 3.8) is 0 Å². The molecule has 0 saturated carbocycles. The molecule has 0 radical (unpaired) electrons. The summed E-state index contributed by atoms with van der Waals surface area (Å²) in [5.41, 5.74) is 10.3. The van der Waals surface area contributed by atoms with Gasteiger partial charge < -0.3 is 24.4 Å². The molecule has 0 amide bonds. The van der Waals surface area contributed by atoms with Crippen LogP contribution in [0.25, 0.3) is 10.4 Å². The molecule has 0 aromatic heterocycles. The van der Waals surface area contributed by atoms with E-state index in [0.717, 1.165) is 11.1 Å². The van der Waals surface area contributed by atoms with E-state index in [1.165, 1.54) is 0 Å². The van der Waals surface area contributed by atoms with Gasteiger partial charge in [0, 0.05) is 11.3 Å². The number of aliphatic hydroxyl groups is 2. The fraction of sp³-hybridized carbons (Fsp3) is 0.480. The number of hydrogen-bond acceptors (Lipinski definition) is 7. The molecule has 2 aromatic carbocycles. The highest BCUT2D eigenvalue weighted by atomic mass is 16.6. The Morgan fingerprint density at radius 3 is 2.35 bits per heavy atom. The summed E-state index contributed by atoms with van der Waals surface area (Å²) < 4.78 is 16.7. The third-order valence-corrected chi connectivity index (χ3v) is 4.80. The van der Waals surface area contributed by atoms with Crippen LogP contribution in [0.1, 0.15) is 38.3 Å². The van der Waals surface area contributed by atoms with Crippen LogP contribution in [0.2, 0.25) is 0 Å². The lowest BCUT2D eigenvalue weighted by molar-refractivity contribution is -0.163. The lowest BCUT2D eigenvalue weighted by Gasteiger charge is -2.26. The number of carbonyl (C=O) groups excluding carboxylic acids is 1. The Balaban J connectivity index is 2.05. The molecule has 0 fully saturated rings. The Labute approximate surface area is 199 Å². The zero-order valence-corrected chi connectivity index (χ0v) is 19.8. The predicted octanol–water partition coefficient (Wildman–Crippen LogP) is 3.96. The van der Waals surface area contributed by atoms with Crippen LogP contribution < -0.4 is 4.74 Å². The van der Waals surface area contributed by atoms with Crippen LogP contribution in [-0.4, -0.2) is 53.2 Å². The van der Waals surface area contributed by atoms with Crippen molar-refractivity contribution in [3.8, 4) is 5.75 Å². The van der Waals surface area contributed by atoms with Gasteiger partial charge in [0.15, 0.2) is 0 Å². The lowest BCUT2D eigenvalue weighted by atomic mass is 9.98. The first-order valence-electron chi connectivity index (χ1n) is 11.1. The van der Waals surface area contributed by atoms with Gasteiger partial charge in [0.25, 0.3) is 0 Å². The van der Waals surface area contributed by atoms with E-state index in [2.05, 4.69) is 10.0 Å². The third kappa shape index (κ3) is 10.2. The SMILES string of the molecule is CC(C)(C)OC(=O)CO[C@@H](CC(O)CO)[C@H](Cc1ccc(OCc2ccccc2)cc1)N=[N+]=[N-]. The van der Waals surface area contributed by atoms with Gasteiger partial charge in [-0.3, -0.25) is 0 Å². The Morgan fingerprint density at radius 1 is 1.09 bits per heavy atom. The van der Waals surface area contributed by atoms with E-state index in [9.17, 15) is 15.0 Å². The molecule has 0 aliphatic carbocycles. The van der Waals surface area contributed by atoms with Crippen LogP contribution in [-0.2, 0) is 27.3 Å². The molecular weight excluding hydrogens is 438 g/mol. The molecule has 0 saturated heterocycles. The van der Waals surface area contributed by atoms with E-state index in [-0.39, 0.29) is 13.0 Å². The minimum Gasteiger partial charge on any atom is -0.489 e. The minimum absolute atomic E-state index is 0.0126. The second-order valence-corrected chi connectivity index (χ2v) is 8.90. The van der Waals surface area contributed by atoms with Crippen molar-refractivity contribution in [3.05, 3.63) is 76.2 Å². The summed E-state index contributed by atoms with van der Waals surface area (Å²) in [4.78, 5) is 15.0. The van der Waals surface area contributed by atoms with Gasteiger partial charge in [-0.1, -0.05) is 47.6 Å². The maximum absolute atomic E-state index is 12.1. The van der Waals surface area contributed by atoms with Crippen molar-refractivity contribution < 1.29 is 29.2 Å². The number of hydrogen-bond donors (Lipinski definition) is 2. The molecule has 0 aliphatic rings. The van der Waals surface area contributed by atoms with E-state index in [1.54, 1.807) is 20.8 Å². The normalized spacial score (nSPS) is 13.9. The molecule has 3 atom stereocenters. The molecule has 0 bridgehead atoms. The van der Waals surface area contributed by atoms with Crippen LogP contribution >= 0.6 is 0 Å². The monoisotopic (exact) mass is 471 g/mol. The molecule has 0 heterocycles. The number of benzene rings is 2. The molecule has 2 rings (SSSR count). The Bertz CT molecular complexity index is 924. The number of rotatable bonds is 13. The predicted molar refractivity (Wildman–Crippen MR) is 127 cm³/mol. The van der Waals surface area contributed by atoms with Crippen molar-refractivity contribution in [2.24, 2.45) is 5.11 Å². The fourth-order valence-electron chi connectivity index (χ4n) is 3.24. The number of azide groups is 1. The van der Waals surface area contributed by atoms with Crippen molar-refractivity contribution in [1.29, 1.82) is 0 Å². The Hall–Kier alpha value is -3.10. The van der Waals surface area contributed by atoms with Crippen molar-refractivity contribution >= 4 is 5.97 Å². The second kappa shape index (κ2) is 13.6. The second-order valence-electron chi connectivity index (χ2n) is 8.90. The summed E-state index contributed by atoms with van der Waals surface area (Å²) in [6.07, 6.45) is -1.60. The highest BCUT2D eigenvalue weighted by Crippen LogP contribution is 2.20. The van der Waals surface area contributed by atoms with E-state index >= 15 is 0 Å². The molecular formula is C25H33N3O6. The first-order valence-corrected chi connectivity index (χ1v) is 11.1. The average molecular weight is 472 g/mol. The van der Waals surface area contributed by atoms with Gasteiger partial charge in [-0.15, -0.1) is 0 Å². The highest BCUT2D eigenvalue weighted by molar-refractivity contribution is 5.71. The lowest BCUT2D eigenvalue weighted by Crippen LogP contribution is -2.36. The number of nitrogens with zero attached hydrogens (tertiary/aromatic N) is 3. The number of carbonyl (C=O) groups is 1. The maximum Gasteiger partial charge on any atom is 0.332 e. The van der Waals surface area contributed by atoms with E-state index in [1.807, 2.05) is 54.6 Å². The number of esters is 1. The van der Waals surface area contributed by atoms with Crippen LogP contribution in [0.15, 0.2) is 59.7 Å². The molecule has 0 aliphatic heterocycles. The topological polar surface area (TPSA) is 134 Å². The Kier molecular flexibility index (Phi) is 10.8. The summed E-state index contributed by atoms with van der Waals surface area (Å²) in [5.74, 6) is 0.122. The standard InChI is InChI=1S/C25H33N3O6/c1-25(2,3)34-24(31)17-33-23(14-20(30)15-29)22(27-28-26)13-18-9-11-21(12-10-18)32-16-19-7-5-4-6-8-19/h4-12,20,22-23,29-30H,13-17H2,1-3H3/t20?,22-,23-/m0/s1. The van der Waals surface area contributed by atoms with Gasteiger partial charge >= 0.3 is 5.97 Å². The van der Waals surface area contributed by atoms with Gasteiger partial charge in [-0.25, -0.2) is 4.79 Å². The van der Waals surface area contributed by atoms with E-state index in [4.69, 9.17) is 19.7 Å². The molecule has 2 aromatic rings. The van der Waals surface area contributed by atoms with Gasteiger partial charge in [0.05, 0.1) is 24.9 Å². The van der Waals surface area contributed by atoms with Crippen molar-refractivity contribution in [1.82, 2.24) is 0 Å². The van der Waals surface area contributed by atoms with Crippen LogP contribution in [0.4, 0.5) is 0 Å². The van der Waals surface area contributed by atoms with Crippen LogP contribution in [0, 0.1) is 0 Å². The smallest absolute Gasteiger partial charge is 0.332 e. The van der Waals surface area contributed by atoms with Gasteiger partial charge in [-0.2, -0.15) is 0 Å². The molecule has 9 nitrogen and oxygen atoms in total. The zero-order chi connectivity index (χ0) is 25.0. The van der Waals surface area contributed by atoms with E-state index in [0.29, 0.717) is 18.8 Å². The molecule has 1 unspecified atom stereocenters. The summed E-state index contributed by atoms with van der Waals surface area (Å²) in [6, 6.07) is 16.5. The van der Waals surface area contributed by atoms with Gasteiger partial charge in [-0.05, 0) is 56.0 Å². The van der Waals surface area contributed by atoms with Crippen LogP contribution in [0.5, 0.6) is 5.75 Å². The molecule has 9 heteroatoms. The highest BCUT2D eigenvalue weighted by Gasteiger charge is 2.26. The Morgan fingerprint density at radius 2 is 1.76 bits per heavy atom. The molecule has 184 valence electrons. The largest absolute Gasteiger partial charge is 0.489 e. The number of ether oxygens (including phenoxy) is 3. The van der Waals surface area contributed by atoms with Crippen molar-refractivity contribution in [2.75, 3.05) is 13.2 Å². The van der Waals surface area contributed by atoms with E-state index < -0.39 is 36.4 Å².